The van der Waals surface area contributed by atoms with Crippen LogP contribution in [0.4, 0.5) is 5.69 Å². The number of ketones is 1. The fourth-order valence-corrected chi connectivity index (χ4v) is 4.64. The van der Waals surface area contributed by atoms with Gasteiger partial charge in [0.25, 0.3) is 5.91 Å². The number of halogens is 2. The summed E-state index contributed by atoms with van der Waals surface area (Å²) in [5.41, 5.74) is 8.02. The minimum Gasteiger partial charge on any atom is -0.366 e. The highest BCUT2D eigenvalue weighted by Crippen LogP contribution is 2.46. The van der Waals surface area contributed by atoms with E-state index in [9.17, 15) is 14.4 Å². The van der Waals surface area contributed by atoms with E-state index >= 15 is 0 Å². The van der Waals surface area contributed by atoms with E-state index in [1.807, 2.05) is 0 Å². The number of nitrogens with zero attached hydrogens (tertiary/aromatic N) is 1. The Labute approximate surface area is 178 Å². The Balaban J connectivity index is 1.93. The van der Waals surface area contributed by atoms with Crippen molar-refractivity contribution in [1.82, 2.24) is 0 Å². The fraction of sp³-hybridized carbons (Fsp3) is 0.227. The smallest absolute Gasteiger partial charge is 0.250 e. The molecule has 0 saturated heterocycles. The summed E-state index contributed by atoms with van der Waals surface area (Å²) in [6.45, 7) is 0. The summed E-state index contributed by atoms with van der Waals surface area (Å²) in [5, 5.41) is 0.728. The van der Waals surface area contributed by atoms with Gasteiger partial charge in [-0.05, 0) is 36.6 Å². The van der Waals surface area contributed by atoms with Gasteiger partial charge >= 0.3 is 0 Å². The van der Waals surface area contributed by atoms with Gasteiger partial charge in [-0.1, -0.05) is 47.5 Å². The second kappa shape index (κ2) is 7.65. The Morgan fingerprint density at radius 1 is 1.03 bits per heavy atom. The molecule has 0 fully saturated rings. The molecule has 2 amide bonds. The third-order valence-electron chi connectivity index (χ3n) is 5.44. The molecule has 0 saturated carbocycles. The molecule has 0 spiro atoms. The zero-order valence-corrected chi connectivity index (χ0v) is 17.0. The van der Waals surface area contributed by atoms with Crippen LogP contribution in [0, 0.1) is 0 Å². The molecular formula is C22H18Cl2N2O3. The molecule has 2 aromatic carbocycles. The minimum absolute atomic E-state index is 0.0126. The Morgan fingerprint density at radius 2 is 1.79 bits per heavy atom. The molecule has 1 aliphatic carbocycles. The summed E-state index contributed by atoms with van der Waals surface area (Å²) in [4.78, 5) is 39.6. The van der Waals surface area contributed by atoms with Crippen LogP contribution in [-0.4, -0.2) is 17.6 Å². The summed E-state index contributed by atoms with van der Waals surface area (Å²) < 4.78 is 0. The first kappa shape index (κ1) is 19.7. The van der Waals surface area contributed by atoms with Crippen molar-refractivity contribution in [2.24, 2.45) is 5.73 Å². The predicted octanol–water partition coefficient (Wildman–Crippen LogP) is 4.62. The van der Waals surface area contributed by atoms with Crippen molar-refractivity contribution in [3.63, 3.8) is 0 Å². The lowest BCUT2D eigenvalue weighted by Gasteiger charge is -2.39. The van der Waals surface area contributed by atoms with E-state index in [1.165, 1.54) is 4.90 Å². The summed E-state index contributed by atoms with van der Waals surface area (Å²) >= 11 is 12.6. The number of anilines is 1. The summed E-state index contributed by atoms with van der Waals surface area (Å²) in [6, 6.07) is 11.9. The number of carbonyl (C=O) groups excluding carboxylic acids is 3. The average molecular weight is 429 g/mol. The van der Waals surface area contributed by atoms with Crippen molar-refractivity contribution < 1.29 is 14.4 Å². The van der Waals surface area contributed by atoms with Gasteiger partial charge in [-0.2, -0.15) is 0 Å². The molecule has 4 rings (SSSR count). The van der Waals surface area contributed by atoms with Gasteiger partial charge in [0.15, 0.2) is 5.78 Å². The molecule has 7 heteroatoms. The fourth-order valence-electron chi connectivity index (χ4n) is 4.20. The maximum atomic E-state index is 13.3. The van der Waals surface area contributed by atoms with Crippen LogP contribution in [-0.2, 0) is 9.59 Å². The van der Waals surface area contributed by atoms with Gasteiger partial charge in [-0.3, -0.25) is 19.3 Å². The van der Waals surface area contributed by atoms with Crippen molar-refractivity contribution in [3.8, 4) is 0 Å². The highest BCUT2D eigenvalue weighted by molar-refractivity contribution is 6.42. The number of primary amides is 1. The molecule has 2 N–H and O–H groups in total. The molecule has 2 aliphatic rings. The molecule has 1 heterocycles. The molecule has 148 valence electrons. The van der Waals surface area contributed by atoms with E-state index in [0.29, 0.717) is 51.8 Å². The topological polar surface area (TPSA) is 80.5 Å². The zero-order valence-electron chi connectivity index (χ0n) is 15.5. The Kier molecular flexibility index (Phi) is 5.19. The number of carbonyl (C=O) groups is 3. The molecular weight excluding hydrogens is 411 g/mol. The lowest BCUT2D eigenvalue weighted by molar-refractivity contribution is -0.119. The largest absolute Gasteiger partial charge is 0.366 e. The Hall–Kier alpha value is -2.63. The highest BCUT2D eigenvalue weighted by Gasteiger charge is 2.41. The number of allylic oxidation sites excluding steroid dienone is 2. The number of para-hydroxylation sites is 1. The maximum absolute atomic E-state index is 13.3. The normalized spacial score (nSPS) is 19.4. The predicted molar refractivity (Wildman–Crippen MR) is 112 cm³/mol. The molecule has 0 aromatic heterocycles. The zero-order chi connectivity index (χ0) is 20.7. The van der Waals surface area contributed by atoms with Gasteiger partial charge in [-0.15, -0.1) is 0 Å². The van der Waals surface area contributed by atoms with Gasteiger partial charge in [0, 0.05) is 30.0 Å². The summed E-state index contributed by atoms with van der Waals surface area (Å²) in [5.74, 6) is -1.32. The first-order valence-corrected chi connectivity index (χ1v) is 10.1. The van der Waals surface area contributed by atoms with E-state index in [0.717, 1.165) is 0 Å². The molecule has 29 heavy (non-hydrogen) atoms. The quantitative estimate of drug-likeness (QED) is 0.773. The van der Waals surface area contributed by atoms with E-state index in [1.54, 1.807) is 42.5 Å². The lowest BCUT2D eigenvalue weighted by atomic mass is 9.77. The third-order valence-corrected chi connectivity index (χ3v) is 6.28. The van der Waals surface area contributed by atoms with Gasteiger partial charge in [0.2, 0.25) is 5.91 Å². The van der Waals surface area contributed by atoms with E-state index < -0.39 is 11.8 Å². The number of rotatable bonds is 3. The van der Waals surface area contributed by atoms with Crippen LogP contribution in [0.5, 0.6) is 0 Å². The Morgan fingerprint density at radius 3 is 2.55 bits per heavy atom. The van der Waals surface area contributed by atoms with E-state index in [-0.39, 0.29) is 23.7 Å². The first-order valence-electron chi connectivity index (χ1n) is 9.32. The molecule has 1 unspecified atom stereocenters. The van der Waals surface area contributed by atoms with Crippen LogP contribution >= 0.6 is 23.2 Å². The molecule has 2 aromatic rings. The van der Waals surface area contributed by atoms with Crippen molar-refractivity contribution in [2.45, 2.75) is 31.6 Å². The SMILES string of the molecule is NC(=O)c1ccccc1N1C(=O)CC(c2cccc(Cl)c2Cl)C2=C1CCCC2=O. The average Bonchev–Trinajstić information content (AvgIpc) is 2.69. The van der Waals surface area contributed by atoms with Crippen LogP contribution in [0.2, 0.25) is 10.0 Å². The van der Waals surface area contributed by atoms with E-state index in [4.69, 9.17) is 28.9 Å². The third kappa shape index (κ3) is 3.34. The number of Topliss-reactive ketones (excluding diaryl/α,β-unsaturated/α-hetero) is 1. The second-order valence-electron chi connectivity index (χ2n) is 7.15. The second-order valence-corrected chi connectivity index (χ2v) is 7.93. The number of amides is 2. The lowest BCUT2D eigenvalue weighted by Crippen LogP contribution is -2.41. The van der Waals surface area contributed by atoms with Gasteiger partial charge in [0.05, 0.1) is 21.3 Å². The van der Waals surface area contributed by atoms with Crippen LogP contribution in [0.3, 0.4) is 0 Å². The first-order chi connectivity index (χ1) is 13.9. The standard InChI is InChI=1S/C22H18Cl2N2O3/c23-15-7-3-6-12(21(15)24)14-11-19(28)26(17-9-4-10-18(27)20(14)17)16-8-2-1-5-13(16)22(25)29/h1-3,5-8,14H,4,9-11H2,(H2,25,29). The monoisotopic (exact) mass is 428 g/mol. The number of nitrogens with two attached hydrogens (primary N) is 1. The minimum atomic E-state index is -0.627. The van der Waals surface area contributed by atoms with Crippen molar-refractivity contribution >= 4 is 46.5 Å². The van der Waals surface area contributed by atoms with Crippen molar-refractivity contribution in [1.29, 1.82) is 0 Å². The maximum Gasteiger partial charge on any atom is 0.250 e. The van der Waals surface area contributed by atoms with Crippen LogP contribution in [0.25, 0.3) is 0 Å². The van der Waals surface area contributed by atoms with Crippen molar-refractivity contribution in [3.05, 3.63) is 74.9 Å². The molecule has 0 bridgehead atoms. The van der Waals surface area contributed by atoms with E-state index in [2.05, 4.69) is 0 Å². The molecule has 1 atom stereocenters. The number of hydrogen-bond acceptors (Lipinski definition) is 3. The Bertz CT molecular complexity index is 1080. The van der Waals surface area contributed by atoms with Crippen LogP contribution in [0.15, 0.2) is 53.7 Å². The number of benzene rings is 2. The molecule has 0 radical (unpaired) electrons. The summed E-state index contributed by atoms with van der Waals surface area (Å²) in [6.07, 6.45) is 1.65. The van der Waals surface area contributed by atoms with Gasteiger partial charge in [-0.25, -0.2) is 0 Å². The van der Waals surface area contributed by atoms with Crippen LogP contribution < -0.4 is 10.6 Å². The molecule has 1 aliphatic heterocycles. The number of hydrogen-bond donors (Lipinski definition) is 1. The van der Waals surface area contributed by atoms with Gasteiger partial charge < -0.3 is 5.73 Å². The van der Waals surface area contributed by atoms with Crippen molar-refractivity contribution in [2.75, 3.05) is 4.90 Å². The van der Waals surface area contributed by atoms with Gasteiger partial charge in [0.1, 0.15) is 0 Å². The van der Waals surface area contributed by atoms with Crippen LogP contribution in [0.1, 0.15) is 47.5 Å². The molecule has 5 nitrogen and oxygen atoms in total. The highest BCUT2D eigenvalue weighted by atomic mass is 35.5. The summed E-state index contributed by atoms with van der Waals surface area (Å²) in [7, 11) is 0.